The number of imidazole rings is 2. The van der Waals surface area contributed by atoms with E-state index >= 15 is 0 Å². The number of benzene rings is 2. The summed E-state index contributed by atoms with van der Waals surface area (Å²) in [4.78, 5) is 55.0. The number of aromatic nitrogens is 4. The molecule has 5 rings (SSSR count). The summed E-state index contributed by atoms with van der Waals surface area (Å²) in [6, 6.07) is 15.4. The van der Waals surface area contributed by atoms with E-state index < -0.39 is 12.1 Å². The molecular weight excluding hydrogens is 582 g/mol. The van der Waals surface area contributed by atoms with Gasteiger partial charge in [-0.2, -0.15) is 0 Å². The number of alkyl carbamates (subject to hydrolysis) is 1. The summed E-state index contributed by atoms with van der Waals surface area (Å²) in [5.41, 5.74) is 5.77. The highest BCUT2D eigenvalue weighted by molar-refractivity contribution is 5.91. The van der Waals surface area contributed by atoms with Crippen molar-refractivity contribution in [2.75, 3.05) is 19.0 Å². The van der Waals surface area contributed by atoms with Gasteiger partial charge in [0.1, 0.15) is 11.9 Å². The minimum absolute atomic E-state index is 0.0425. The van der Waals surface area contributed by atoms with E-state index in [2.05, 4.69) is 54.8 Å². The Kier molecular flexibility index (Phi) is 10.2. The first-order valence-corrected chi connectivity index (χ1v) is 16.0. The number of likely N-dealkylation sites (N-methyl/N-ethyl adjacent to an activating group) is 1. The zero-order valence-electron chi connectivity index (χ0n) is 27.1. The number of carbonyl (C=O) groups is 3. The van der Waals surface area contributed by atoms with Gasteiger partial charge in [0.25, 0.3) is 0 Å². The molecule has 0 aliphatic heterocycles. The molecule has 2 atom stereocenters. The first-order chi connectivity index (χ1) is 22.2. The maximum absolute atomic E-state index is 13.4. The molecule has 1 aliphatic rings. The molecule has 2 aromatic carbocycles. The van der Waals surface area contributed by atoms with Crippen LogP contribution in [-0.4, -0.2) is 62.4 Å². The Hall–Kier alpha value is -4.93. The van der Waals surface area contributed by atoms with Crippen LogP contribution in [0, 0.1) is 11.8 Å². The lowest BCUT2D eigenvalue weighted by molar-refractivity contribution is -0.136. The molecule has 0 radical (unpaired) electrons. The van der Waals surface area contributed by atoms with Gasteiger partial charge in [-0.25, -0.2) is 14.8 Å². The van der Waals surface area contributed by atoms with Gasteiger partial charge in [0.05, 0.1) is 36.9 Å². The van der Waals surface area contributed by atoms with Gasteiger partial charge in [0, 0.05) is 12.5 Å². The van der Waals surface area contributed by atoms with Gasteiger partial charge >= 0.3 is 6.09 Å². The van der Waals surface area contributed by atoms with Crippen molar-refractivity contribution in [3.05, 3.63) is 66.7 Å². The average Bonchev–Trinajstić information content (AvgIpc) is 3.87. The van der Waals surface area contributed by atoms with Gasteiger partial charge < -0.3 is 24.9 Å². The van der Waals surface area contributed by atoms with Crippen LogP contribution in [0.25, 0.3) is 33.6 Å². The molecule has 242 valence electrons. The molecular formula is C35H43N7O4. The molecule has 4 N–H and O–H groups in total. The van der Waals surface area contributed by atoms with Crippen LogP contribution in [0.5, 0.6) is 0 Å². The number of ether oxygens (including phenoxy) is 1. The van der Waals surface area contributed by atoms with Crippen LogP contribution in [0.4, 0.5) is 10.7 Å². The SMILES string of the molecule is CCN(C(=O)C(NC(=O)OC)C(C)C)C(C)c1ncc(-c2ccc(-c3ccc(-c4cnc(NC(=O)C5CCCC5)[nH]4)cc3)cc2)[nH]1. The molecule has 0 bridgehead atoms. The second kappa shape index (κ2) is 14.4. The summed E-state index contributed by atoms with van der Waals surface area (Å²) >= 11 is 0. The highest BCUT2D eigenvalue weighted by Crippen LogP contribution is 2.29. The number of amides is 3. The molecule has 3 amide bonds. The third kappa shape index (κ3) is 7.30. The Bertz CT molecular complexity index is 1640. The van der Waals surface area contributed by atoms with Gasteiger partial charge in [0.2, 0.25) is 17.8 Å². The van der Waals surface area contributed by atoms with E-state index in [1.807, 2.05) is 52.0 Å². The maximum Gasteiger partial charge on any atom is 0.407 e. The lowest BCUT2D eigenvalue weighted by Crippen LogP contribution is -2.51. The summed E-state index contributed by atoms with van der Waals surface area (Å²) in [5.74, 6) is 0.954. The van der Waals surface area contributed by atoms with Crippen molar-refractivity contribution in [1.82, 2.24) is 30.2 Å². The zero-order valence-corrected chi connectivity index (χ0v) is 27.1. The molecule has 4 aromatic rings. The number of hydrogen-bond acceptors (Lipinski definition) is 6. The molecule has 11 heteroatoms. The van der Waals surface area contributed by atoms with Crippen LogP contribution in [0.3, 0.4) is 0 Å². The van der Waals surface area contributed by atoms with Crippen LogP contribution in [0.1, 0.15) is 65.2 Å². The molecule has 11 nitrogen and oxygen atoms in total. The van der Waals surface area contributed by atoms with Crippen molar-refractivity contribution >= 4 is 23.9 Å². The van der Waals surface area contributed by atoms with Gasteiger partial charge in [-0.05, 0) is 54.9 Å². The van der Waals surface area contributed by atoms with E-state index in [4.69, 9.17) is 4.74 Å². The van der Waals surface area contributed by atoms with Crippen LogP contribution < -0.4 is 10.6 Å². The summed E-state index contributed by atoms with van der Waals surface area (Å²) < 4.78 is 4.72. The molecule has 1 fully saturated rings. The Balaban J connectivity index is 1.23. The highest BCUT2D eigenvalue weighted by atomic mass is 16.5. The molecule has 46 heavy (non-hydrogen) atoms. The number of H-pyrrole nitrogens is 2. The predicted octanol–water partition coefficient (Wildman–Crippen LogP) is 6.55. The fourth-order valence-corrected chi connectivity index (χ4v) is 5.96. The van der Waals surface area contributed by atoms with E-state index in [0.717, 1.165) is 59.3 Å². The van der Waals surface area contributed by atoms with E-state index in [1.165, 1.54) is 7.11 Å². The monoisotopic (exact) mass is 625 g/mol. The van der Waals surface area contributed by atoms with E-state index in [0.29, 0.717) is 18.3 Å². The second-order valence-electron chi connectivity index (χ2n) is 12.1. The third-order valence-electron chi connectivity index (χ3n) is 8.74. The Morgan fingerprint density at radius 2 is 1.41 bits per heavy atom. The van der Waals surface area contributed by atoms with Crippen molar-refractivity contribution in [3.63, 3.8) is 0 Å². The predicted molar refractivity (Wildman–Crippen MR) is 178 cm³/mol. The van der Waals surface area contributed by atoms with Crippen molar-refractivity contribution in [1.29, 1.82) is 0 Å². The normalized spacial score (nSPS) is 14.6. The van der Waals surface area contributed by atoms with Crippen molar-refractivity contribution < 1.29 is 19.1 Å². The molecule has 1 saturated carbocycles. The molecule has 0 saturated heterocycles. The summed E-state index contributed by atoms with van der Waals surface area (Å²) in [5, 5.41) is 5.58. The quantitative estimate of drug-likeness (QED) is 0.149. The van der Waals surface area contributed by atoms with E-state index in [1.54, 1.807) is 17.3 Å². The lowest BCUT2D eigenvalue weighted by atomic mass is 10.0. The van der Waals surface area contributed by atoms with Crippen LogP contribution in [0.15, 0.2) is 60.9 Å². The Morgan fingerprint density at radius 1 is 0.870 bits per heavy atom. The van der Waals surface area contributed by atoms with Gasteiger partial charge in [-0.1, -0.05) is 75.2 Å². The van der Waals surface area contributed by atoms with Crippen molar-refractivity contribution in [2.24, 2.45) is 11.8 Å². The van der Waals surface area contributed by atoms with Crippen LogP contribution in [-0.2, 0) is 14.3 Å². The first kappa shape index (κ1) is 32.5. The summed E-state index contributed by atoms with van der Waals surface area (Å²) in [6.07, 6.45) is 6.99. The number of nitrogens with zero attached hydrogens (tertiary/aromatic N) is 3. The van der Waals surface area contributed by atoms with E-state index in [-0.39, 0.29) is 29.7 Å². The lowest BCUT2D eigenvalue weighted by Gasteiger charge is -2.32. The molecule has 2 heterocycles. The zero-order chi connectivity index (χ0) is 32.8. The fraction of sp³-hybridized carbons (Fsp3) is 0.400. The third-order valence-corrected chi connectivity index (χ3v) is 8.74. The molecule has 0 spiro atoms. The maximum atomic E-state index is 13.4. The summed E-state index contributed by atoms with van der Waals surface area (Å²) in [6.45, 7) is 8.05. The van der Waals surface area contributed by atoms with Gasteiger partial charge in [-0.15, -0.1) is 0 Å². The van der Waals surface area contributed by atoms with Gasteiger partial charge in [-0.3, -0.25) is 14.9 Å². The molecule has 1 aliphatic carbocycles. The Morgan fingerprint density at radius 3 is 1.96 bits per heavy atom. The number of anilines is 1. The fourth-order valence-electron chi connectivity index (χ4n) is 5.96. The number of hydrogen-bond donors (Lipinski definition) is 4. The van der Waals surface area contributed by atoms with Gasteiger partial charge in [0.15, 0.2) is 0 Å². The number of rotatable bonds is 11. The smallest absolute Gasteiger partial charge is 0.407 e. The van der Waals surface area contributed by atoms with Crippen molar-refractivity contribution in [3.8, 4) is 33.6 Å². The number of aromatic amines is 2. The van der Waals surface area contributed by atoms with Crippen LogP contribution >= 0.6 is 0 Å². The topological polar surface area (TPSA) is 145 Å². The number of methoxy groups -OCH3 is 1. The summed E-state index contributed by atoms with van der Waals surface area (Å²) in [7, 11) is 1.28. The standard InChI is InChI=1S/C35H43N7O4/c1-6-42(33(44)30(21(2)3)40-35(45)46-5)22(4)31-36-19-28(38-31)25-15-11-23(12-16-25)24-13-17-26(18-14-24)29-20-37-34(39-29)41-32(43)27-9-7-8-10-27/h11-22,27,30H,6-10H2,1-5H3,(H,36,38)(H,40,45)(H2,37,39,41,43). The van der Waals surface area contributed by atoms with E-state index in [9.17, 15) is 14.4 Å². The second-order valence-corrected chi connectivity index (χ2v) is 12.1. The Labute approximate surface area is 269 Å². The number of carbonyl (C=O) groups excluding carboxylic acids is 3. The molecule has 2 unspecified atom stereocenters. The van der Waals surface area contributed by atoms with Crippen molar-refractivity contribution in [2.45, 2.75) is 65.5 Å². The average molecular weight is 626 g/mol. The van der Waals surface area contributed by atoms with Crippen LogP contribution in [0.2, 0.25) is 0 Å². The minimum atomic E-state index is -0.711. The minimum Gasteiger partial charge on any atom is -0.453 e. The largest absolute Gasteiger partial charge is 0.453 e. The first-order valence-electron chi connectivity index (χ1n) is 16.0. The highest BCUT2D eigenvalue weighted by Gasteiger charge is 2.32. The number of nitrogens with one attached hydrogen (secondary N) is 4. The molecule has 2 aromatic heterocycles.